The SMILES string of the molecule is CCO[P+](O)(OCC)Oc1ccc(C(C)(C)C)cc1C(C)(C)C. The van der Waals surface area contributed by atoms with Gasteiger partial charge in [0.1, 0.15) is 0 Å². The Morgan fingerprint density at radius 1 is 0.913 bits per heavy atom. The zero-order chi connectivity index (χ0) is 17.9. The van der Waals surface area contributed by atoms with Crippen molar-refractivity contribution in [2.24, 2.45) is 0 Å². The number of hydrogen-bond acceptors (Lipinski definition) is 4. The van der Waals surface area contributed by atoms with Crippen molar-refractivity contribution in [2.45, 2.75) is 66.2 Å². The van der Waals surface area contributed by atoms with E-state index in [-0.39, 0.29) is 10.8 Å². The lowest BCUT2D eigenvalue weighted by Gasteiger charge is -2.27. The van der Waals surface area contributed by atoms with Crippen LogP contribution >= 0.6 is 8.17 Å². The second-order valence-corrected chi connectivity index (χ2v) is 9.24. The molecule has 0 saturated heterocycles. The zero-order valence-electron chi connectivity index (χ0n) is 15.8. The third-order valence-electron chi connectivity index (χ3n) is 3.45. The Labute approximate surface area is 141 Å². The molecule has 0 atom stereocenters. The molecule has 0 heterocycles. The molecule has 5 heteroatoms. The van der Waals surface area contributed by atoms with Crippen molar-refractivity contribution in [3.8, 4) is 5.75 Å². The van der Waals surface area contributed by atoms with Crippen LogP contribution < -0.4 is 4.52 Å². The molecule has 0 aromatic heterocycles. The van der Waals surface area contributed by atoms with E-state index in [1.54, 1.807) is 13.8 Å². The first kappa shape index (κ1) is 20.4. The summed E-state index contributed by atoms with van der Waals surface area (Å²) >= 11 is 0. The smallest absolute Gasteiger partial charge is 0.260 e. The van der Waals surface area contributed by atoms with Gasteiger partial charge in [0.05, 0.1) is 13.2 Å². The van der Waals surface area contributed by atoms with Gasteiger partial charge in [0.2, 0.25) is 0 Å². The minimum Gasteiger partial charge on any atom is -0.260 e. The van der Waals surface area contributed by atoms with Gasteiger partial charge >= 0.3 is 8.17 Å². The van der Waals surface area contributed by atoms with Crippen LogP contribution in [0.2, 0.25) is 0 Å². The first-order valence-electron chi connectivity index (χ1n) is 8.18. The lowest BCUT2D eigenvalue weighted by atomic mass is 9.80. The molecule has 23 heavy (non-hydrogen) atoms. The zero-order valence-corrected chi connectivity index (χ0v) is 16.7. The maximum absolute atomic E-state index is 10.5. The van der Waals surface area contributed by atoms with Gasteiger partial charge < -0.3 is 0 Å². The quantitative estimate of drug-likeness (QED) is 0.702. The number of rotatable bonds is 6. The normalized spacial score (nSPS) is 13.3. The second kappa shape index (κ2) is 7.48. The van der Waals surface area contributed by atoms with Gasteiger partial charge in [-0.05, 0) is 36.3 Å². The highest BCUT2D eigenvalue weighted by atomic mass is 31.2. The summed E-state index contributed by atoms with van der Waals surface area (Å²) in [7, 11) is -3.34. The van der Waals surface area contributed by atoms with Crippen LogP contribution in [0.4, 0.5) is 0 Å². The Morgan fingerprint density at radius 3 is 1.83 bits per heavy atom. The Morgan fingerprint density at radius 2 is 1.43 bits per heavy atom. The van der Waals surface area contributed by atoms with Gasteiger partial charge in [0, 0.05) is 5.56 Å². The van der Waals surface area contributed by atoms with Crippen molar-refractivity contribution >= 4 is 8.17 Å². The molecule has 1 N–H and O–H groups in total. The first-order chi connectivity index (χ1) is 10.4. The average Bonchev–Trinajstić information content (AvgIpc) is 2.36. The molecule has 0 bridgehead atoms. The summed E-state index contributed by atoms with van der Waals surface area (Å²) < 4.78 is 16.6. The Hall–Kier alpha value is -0.670. The third kappa shape index (κ3) is 5.72. The van der Waals surface area contributed by atoms with Crippen LogP contribution in [-0.2, 0) is 19.9 Å². The van der Waals surface area contributed by atoms with Gasteiger partial charge in [-0.25, -0.2) is 0 Å². The van der Waals surface area contributed by atoms with E-state index in [0.717, 1.165) is 5.56 Å². The molecule has 0 aliphatic carbocycles. The Balaban J connectivity index is 3.30. The van der Waals surface area contributed by atoms with Crippen molar-refractivity contribution in [2.75, 3.05) is 13.2 Å². The molecule has 0 saturated carbocycles. The van der Waals surface area contributed by atoms with E-state index in [1.807, 2.05) is 12.1 Å². The standard InChI is InChI=1S/C18H32O4P/c1-9-20-23(19,21-10-2)22-16-12-11-14(17(3,4)5)13-15(16)18(6,7)8/h11-13,19H,9-10H2,1-8H3/q+1. The van der Waals surface area contributed by atoms with E-state index in [2.05, 4.69) is 47.6 Å². The van der Waals surface area contributed by atoms with Crippen LogP contribution in [0, 0.1) is 0 Å². The van der Waals surface area contributed by atoms with E-state index >= 15 is 0 Å². The lowest BCUT2D eigenvalue weighted by molar-refractivity contribution is 0.132. The van der Waals surface area contributed by atoms with Crippen LogP contribution in [-0.4, -0.2) is 18.1 Å². The van der Waals surface area contributed by atoms with Gasteiger partial charge in [0.15, 0.2) is 5.75 Å². The van der Waals surface area contributed by atoms with Crippen molar-refractivity contribution in [1.29, 1.82) is 0 Å². The van der Waals surface area contributed by atoms with E-state index in [4.69, 9.17) is 13.6 Å². The minimum atomic E-state index is -3.34. The van der Waals surface area contributed by atoms with Crippen LogP contribution in [0.15, 0.2) is 18.2 Å². The predicted molar refractivity (Wildman–Crippen MR) is 96.9 cm³/mol. The van der Waals surface area contributed by atoms with Crippen molar-refractivity contribution in [3.05, 3.63) is 29.3 Å². The first-order valence-corrected chi connectivity index (χ1v) is 9.68. The summed E-state index contributed by atoms with van der Waals surface area (Å²) in [5.41, 5.74) is 2.18. The summed E-state index contributed by atoms with van der Waals surface area (Å²) in [6.45, 7) is 17.2. The van der Waals surface area contributed by atoms with Gasteiger partial charge in [-0.15, -0.1) is 9.05 Å². The third-order valence-corrected chi connectivity index (χ3v) is 5.05. The van der Waals surface area contributed by atoms with Crippen molar-refractivity contribution in [1.82, 2.24) is 0 Å². The van der Waals surface area contributed by atoms with E-state index in [0.29, 0.717) is 19.0 Å². The monoisotopic (exact) mass is 343 g/mol. The summed E-state index contributed by atoms with van der Waals surface area (Å²) in [6, 6.07) is 6.09. The van der Waals surface area contributed by atoms with E-state index in [1.165, 1.54) is 5.56 Å². The van der Waals surface area contributed by atoms with Crippen LogP contribution in [0.25, 0.3) is 0 Å². The molecule has 4 nitrogen and oxygen atoms in total. The molecular formula is C18H32O4P+. The van der Waals surface area contributed by atoms with Gasteiger partial charge in [-0.3, -0.25) is 4.52 Å². The van der Waals surface area contributed by atoms with Gasteiger partial charge in [0.25, 0.3) is 0 Å². The topological polar surface area (TPSA) is 47.9 Å². The highest BCUT2D eigenvalue weighted by Gasteiger charge is 2.46. The second-order valence-electron chi connectivity index (χ2n) is 7.61. The van der Waals surface area contributed by atoms with Crippen molar-refractivity contribution < 1.29 is 18.5 Å². The fourth-order valence-corrected chi connectivity index (χ4v) is 3.44. The Bertz CT molecular complexity index is 509. The molecule has 0 aliphatic rings. The Kier molecular flexibility index (Phi) is 6.63. The summed E-state index contributed by atoms with van der Waals surface area (Å²) in [5, 5.41) is 0. The molecule has 1 aromatic rings. The number of benzene rings is 1. The highest BCUT2D eigenvalue weighted by molar-refractivity contribution is 7.55. The van der Waals surface area contributed by atoms with Crippen LogP contribution in [0.5, 0.6) is 5.75 Å². The molecule has 0 fully saturated rings. The summed E-state index contributed by atoms with van der Waals surface area (Å²) in [4.78, 5) is 10.5. The molecule has 1 aromatic carbocycles. The molecule has 1 rings (SSSR count). The molecule has 0 unspecified atom stereocenters. The maximum Gasteiger partial charge on any atom is 0.619 e. The molecule has 0 aliphatic heterocycles. The maximum atomic E-state index is 10.5. The summed E-state index contributed by atoms with van der Waals surface area (Å²) in [6.07, 6.45) is 0. The fourth-order valence-electron chi connectivity index (χ4n) is 2.20. The van der Waals surface area contributed by atoms with E-state index < -0.39 is 8.17 Å². The lowest BCUT2D eigenvalue weighted by Crippen LogP contribution is -2.18. The van der Waals surface area contributed by atoms with Gasteiger partial charge in [-0.2, -0.15) is 4.89 Å². The number of hydrogen-bond donors (Lipinski definition) is 1. The largest absolute Gasteiger partial charge is 0.619 e. The molecule has 132 valence electrons. The molecule has 0 radical (unpaired) electrons. The molecule has 0 spiro atoms. The van der Waals surface area contributed by atoms with Crippen LogP contribution in [0.1, 0.15) is 66.5 Å². The average molecular weight is 343 g/mol. The van der Waals surface area contributed by atoms with Crippen molar-refractivity contribution in [3.63, 3.8) is 0 Å². The van der Waals surface area contributed by atoms with Crippen LogP contribution in [0.3, 0.4) is 0 Å². The molecule has 0 amide bonds. The van der Waals surface area contributed by atoms with Gasteiger partial charge in [-0.1, -0.05) is 53.7 Å². The van der Waals surface area contributed by atoms with E-state index in [9.17, 15) is 4.89 Å². The molecular weight excluding hydrogens is 311 g/mol. The fraction of sp³-hybridized carbons (Fsp3) is 0.667. The summed E-state index contributed by atoms with van der Waals surface area (Å²) in [5.74, 6) is 0.614. The minimum absolute atomic E-state index is 0.0454. The predicted octanol–water partition coefficient (Wildman–Crippen LogP) is 5.40. The highest BCUT2D eigenvalue weighted by Crippen LogP contribution is 2.58.